The minimum atomic E-state index is -0.310. The van der Waals surface area contributed by atoms with Crippen LogP contribution < -0.4 is 24.3 Å². The molecule has 31 heavy (non-hydrogen) atoms. The average molecular weight is 442 g/mol. The third kappa shape index (κ3) is 5.83. The highest BCUT2D eigenvalue weighted by molar-refractivity contribution is 6.32. The van der Waals surface area contributed by atoms with Crippen LogP contribution in [-0.4, -0.2) is 26.2 Å². The van der Waals surface area contributed by atoms with E-state index in [1.54, 1.807) is 43.5 Å². The first-order valence-electron chi connectivity index (χ1n) is 9.86. The molecule has 0 aliphatic rings. The maximum absolute atomic E-state index is 12.7. The molecule has 0 bridgehead atoms. The smallest absolute Gasteiger partial charge is 0.255 e. The van der Waals surface area contributed by atoms with Crippen LogP contribution in [0.15, 0.2) is 60.7 Å². The molecule has 0 spiro atoms. The highest BCUT2D eigenvalue weighted by atomic mass is 35.5. The first-order chi connectivity index (χ1) is 15.0. The summed E-state index contributed by atoms with van der Waals surface area (Å²) in [7, 11) is 1.61. The zero-order valence-electron chi connectivity index (χ0n) is 17.6. The van der Waals surface area contributed by atoms with Gasteiger partial charge in [0.05, 0.1) is 25.3 Å². The molecule has 0 saturated heterocycles. The van der Waals surface area contributed by atoms with E-state index >= 15 is 0 Å². The molecule has 3 aromatic rings. The van der Waals surface area contributed by atoms with Crippen molar-refractivity contribution in [3.63, 3.8) is 0 Å². The fourth-order valence-corrected chi connectivity index (χ4v) is 3.10. The van der Waals surface area contributed by atoms with E-state index in [-0.39, 0.29) is 5.91 Å². The molecular weight excluding hydrogens is 418 g/mol. The van der Waals surface area contributed by atoms with E-state index in [9.17, 15) is 4.79 Å². The number of carbonyl (C=O) groups is 1. The molecule has 6 nitrogen and oxygen atoms in total. The topological polar surface area (TPSA) is 66.0 Å². The third-order valence-electron chi connectivity index (χ3n) is 4.27. The van der Waals surface area contributed by atoms with Crippen LogP contribution >= 0.6 is 11.6 Å². The summed E-state index contributed by atoms with van der Waals surface area (Å²) < 4.78 is 22.1. The summed E-state index contributed by atoms with van der Waals surface area (Å²) in [4.78, 5) is 12.7. The summed E-state index contributed by atoms with van der Waals surface area (Å²) in [5, 5.41) is 3.17. The van der Waals surface area contributed by atoms with Gasteiger partial charge in [0, 0.05) is 11.3 Å². The second-order valence-corrected chi connectivity index (χ2v) is 6.81. The van der Waals surface area contributed by atoms with E-state index in [1.807, 2.05) is 38.1 Å². The molecule has 1 amide bonds. The molecule has 0 aliphatic carbocycles. The molecule has 0 saturated carbocycles. The Hall–Kier alpha value is -3.38. The summed E-state index contributed by atoms with van der Waals surface area (Å²) in [5.74, 6) is 2.64. The largest absolute Gasteiger partial charge is 0.497 e. The lowest BCUT2D eigenvalue weighted by Crippen LogP contribution is -2.12. The van der Waals surface area contributed by atoms with Crippen LogP contribution in [0.2, 0.25) is 5.02 Å². The zero-order chi connectivity index (χ0) is 22.2. The lowest BCUT2D eigenvalue weighted by Gasteiger charge is -2.14. The van der Waals surface area contributed by atoms with E-state index < -0.39 is 0 Å². The summed E-state index contributed by atoms with van der Waals surface area (Å²) >= 11 is 6.30. The lowest BCUT2D eigenvalue weighted by molar-refractivity contribution is 0.102. The number of halogens is 1. The van der Waals surface area contributed by atoms with Gasteiger partial charge in [-0.3, -0.25) is 4.79 Å². The minimum absolute atomic E-state index is 0.310. The van der Waals surface area contributed by atoms with Gasteiger partial charge in [-0.15, -0.1) is 0 Å². The SMILES string of the molecule is CCOc1cc(C(=O)Nc2ccc(Oc3ccc(OC)cc3)cc2)cc(Cl)c1OCC. The normalized spacial score (nSPS) is 10.3. The first kappa shape index (κ1) is 22.3. The van der Waals surface area contributed by atoms with Crippen molar-refractivity contribution in [2.24, 2.45) is 0 Å². The molecule has 1 N–H and O–H groups in total. The first-order valence-corrected chi connectivity index (χ1v) is 10.2. The number of ether oxygens (including phenoxy) is 4. The van der Waals surface area contributed by atoms with Gasteiger partial charge in [0.15, 0.2) is 11.5 Å². The number of rotatable bonds is 9. The molecule has 3 rings (SSSR count). The highest BCUT2D eigenvalue weighted by Crippen LogP contribution is 2.37. The average Bonchev–Trinajstić information content (AvgIpc) is 2.78. The van der Waals surface area contributed by atoms with Gasteiger partial charge >= 0.3 is 0 Å². The van der Waals surface area contributed by atoms with E-state index in [4.69, 9.17) is 30.5 Å². The van der Waals surface area contributed by atoms with Gasteiger partial charge in [-0.05, 0) is 74.5 Å². The second kappa shape index (κ2) is 10.6. The van der Waals surface area contributed by atoms with E-state index in [1.165, 1.54) is 0 Å². The highest BCUT2D eigenvalue weighted by Gasteiger charge is 2.16. The number of carbonyl (C=O) groups excluding carboxylic acids is 1. The van der Waals surface area contributed by atoms with Crippen LogP contribution in [0.5, 0.6) is 28.7 Å². The number of methoxy groups -OCH3 is 1. The van der Waals surface area contributed by atoms with E-state index in [0.717, 1.165) is 5.75 Å². The standard InChI is InChI=1S/C24H24ClNO5/c1-4-29-22-15-16(14-21(25)23(22)30-5-2)24(27)26-17-6-8-19(9-7-17)31-20-12-10-18(28-3)11-13-20/h6-15H,4-5H2,1-3H3,(H,26,27). The van der Waals surface area contributed by atoms with E-state index in [2.05, 4.69) is 5.32 Å². The molecule has 0 heterocycles. The quantitative estimate of drug-likeness (QED) is 0.428. The van der Waals surface area contributed by atoms with Gasteiger partial charge < -0.3 is 24.3 Å². The summed E-state index contributed by atoms with van der Waals surface area (Å²) in [6.45, 7) is 4.58. The fourth-order valence-electron chi connectivity index (χ4n) is 2.84. The predicted molar refractivity (Wildman–Crippen MR) is 121 cm³/mol. The molecule has 0 atom stereocenters. The Morgan fingerprint density at radius 2 is 1.45 bits per heavy atom. The number of hydrogen-bond donors (Lipinski definition) is 1. The van der Waals surface area contributed by atoms with Crippen molar-refractivity contribution in [2.45, 2.75) is 13.8 Å². The number of benzene rings is 3. The molecule has 0 unspecified atom stereocenters. The van der Waals surface area contributed by atoms with Crippen molar-refractivity contribution in [1.82, 2.24) is 0 Å². The van der Waals surface area contributed by atoms with Crippen LogP contribution in [0.4, 0.5) is 5.69 Å². The van der Waals surface area contributed by atoms with Gasteiger partial charge in [-0.2, -0.15) is 0 Å². The zero-order valence-corrected chi connectivity index (χ0v) is 18.4. The van der Waals surface area contributed by atoms with E-state index in [0.29, 0.717) is 52.5 Å². The molecule has 162 valence electrons. The third-order valence-corrected chi connectivity index (χ3v) is 4.55. The van der Waals surface area contributed by atoms with Crippen LogP contribution in [0.3, 0.4) is 0 Å². The Morgan fingerprint density at radius 3 is 2.03 bits per heavy atom. The Balaban J connectivity index is 1.70. The van der Waals surface area contributed by atoms with Crippen molar-refractivity contribution in [3.05, 3.63) is 71.2 Å². The minimum Gasteiger partial charge on any atom is -0.497 e. The molecule has 7 heteroatoms. The number of amides is 1. The van der Waals surface area contributed by atoms with Gasteiger partial charge in [-0.1, -0.05) is 11.6 Å². The Labute approximate surface area is 186 Å². The monoisotopic (exact) mass is 441 g/mol. The van der Waals surface area contributed by atoms with Crippen LogP contribution in [0.25, 0.3) is 0 Å². The van der Waals surface area contributed by atoms with Gasteiger partial charge in [-0.25, -0.2) is 0 Å². The fraction of sp³-hybridized carbons (Fsp3) is 0.208. The Morgan fingerprint density at radius 1 is 0.871 bits per heavy atom. The number of nitrogens with one attached hydrogen (secondary N) is 1. The Bertz CT molecular complexity index is 1020. The summed E-state index contributed by atoms with van der Waals surface area (Å²) in [5.41, 5.74) is 0.991. The van der Waals surface area contributed by atoms with Crippen LogP contribution in [0.1, 0.15) is 24.2 Å². The van der Waals surface area contributed by atoms with Gasteiger partial charge in [0.1, 0.15) is 17.2 Å². The molecular formula is C24H24ClNO5. The van der Waals surface area contributed by atoms with Crippen molar-refractivity contribution < 1.29 is 23.7 Å². The molecule has 0 aliphatic heterocycles. The number of hydrogen-bond acceptors (Lipinski definition) is 5. The molecule has 0 fully saturated rings. The lowest BCUT2D eigenvalue weighted by atomic mass is 10.1. The van der Waals surface area contributed by atoms with Crippen molar-refractivity contribution in [1.29, 1.82) is 0 Å². The maximum atomic E-state index is 12.7. The summed E-state index contributed by atoms with van der Waals surface area (Å²) in [6, 6.07) is 17.5. The van der Waals surface area contributed by atoms with Crippen molar-refractivity contribution in [2.75, 3.05) is 25.6 Å². The second-order valence-electron chi connectivity index (χ2n) is 6.41. The predicted octanol–water partition coefficient (Wildman–Crippen LogP) is 6.19. The molecule has 0 radical (unpaired) electrons. The summed E-state index contributed by atoms with van der Waals surface area (Å²) in [6.07, 6.45) is 0. The molecule has 0 aromatic heterocycles. The van der Waals surface area contributed by atoms with Gasteiger partial charge in [0.2, 0.25) is 0 Å². The van der Waals surface area contributed by atoms with Crippen molar-refractivity contribution in [3.8, 4) is 28.7 Å². The number of anilines is 1. The van der Waals surface area contributed by atoms with Crippen LogP contribution in [0, 0.1) is 0 Å². The Kier molecular flexibility index (Phi) is 7.62. The molecule has 3 aromatic carbocycles. The van der Waals surface area contributed by atoms with Crippen LogP contribution in [-0.2, 0) is 0 Å². The van der Waals surface area contributed by atoms with Crippen molar-refractivity contribution >= 4 is 23.2 Å². The van der Waals surface area contributed by atoms with Gasteiger partial charge in [0.25, 0.3) is 5.91 Å². The maximum Gasteiger partial charge on any atom is 0.255 e.